The summed E-state index contributed by atoms with van der Waals surface area (Å²) in [5.41, 5.74) is 0. The van der Waals surface area contributed by atoms with Crippen molar-refractivity contribution in [3.8, 4) is 0 Å². The fourth-order valence-corrected chi connectivity index (χ4v) is 2.29. The fourth-order valence-electron chi connectivity index (χ4n) is 2.29. The number of hydrogen-bond acceptors (Lipinski definition) is 2. The van der Waals surface area contributed by atoms with Crippen molar-refractivity contribution in [1.82, 2.24) is 6.15 Å². The topological polar surface area (TPSA) is 72.3 Å². The molecule has 0 aromatic rings. The van der Waals surface area contributed by atoms with Gasteiger partial charge >= 0.3 is 5.97 Å². The Hall–Kier alpha value is -0.570. The van der Waals surface area contributed by atoms with Gasteiger partial charge in [-0.05, 0) is 6.42 Å². The molecule has 0 aromatic carbocycles. The first-order valence-electron chi connectivity index (χ1n) is 7.99. The molecule has 0 saturated carbocycles. The van der Waals surface area contributed by atoms with Crippen LogP contribution in [0.5, 0.6) is 0 Å². The largest absolute Gasteiger partial charge is 0.481 e. The molecule has 0 rings (SSSR count). The van der Waals surface area contributed by atoms with Crippen molar-refractivity contribution >= 4 is 5.97 Å². The maximum Gasteiger partial charge on any atom is 0.303 e. The predicted molar refractivity (Wildman–Crippen MR) is 83.0 cm³/mol. The van der Waals surface area contributed by atoms with Gasteiger partial charge in [0, 0.05) is 6.42 Å². The Kier molecular flexibility index (Phi) is 19.0. The first-order chi connectivity index (χ1) is 8.77. The van der Waals surface area contributed by atoms with Crippen LogP contribution in [0.2, 0.25) is 0 Å². The normalized spacial score (nSPS) is 10.2. The minimum Gasteiger partial charge on any atom is -0.481 e. The second kappa shape index (κ2) is 17.4. The zero-order valence-electron chi connectivity index (χ0n) is 13.0. The van der Waals surface area contributed by atoms with Crippen LogP contribution in [0.15, 0.2) is 0 Å². The van der Waals surface area contributed by atoms with Crippen LogP contribution in [0.3, 0.4) is 0 Å². The van der Waals surface area contributed by atoms with Crippen LogP contribution >= 0.6 is 0 Å². The Morgan fingerprint density at radius 1 is 0.684 bits per heavy atom. The van der Waals surface area contributed by atoms with Crippen LogP contribution in [-0.4, -0.2) is 11.1 Å². The van der Waals surface area contributed by atoms with Gasteiger partial charge in [0.25, 0.3) is 0 Å². The molecule has 116 valence electrons. The third-order valence-electron chi connectivity index (χ3n) is 3.49. The number of aliphatic carboxylic acids is 1. The number of carboxylic acid groups (broad SMARTS) is 1. The number of unbranched alkanes of at least 4 members (excludes halogenated alkanes) is 12. The number of rotatable bonds is 14. The van der Waals surface area contributed by atoms with E-state index in [0.717, 1.165) is 12.8 Å². The Balaban J connectivity index is 0. The summed E-state index contributed by atoms with van der Waals surface area (Å²) < 4.78 is 0. The lowest BCUT2D eigenvalue weighted by molar-refractivity contribution is -0.137. The average molecular weight is 273 g/mol. The molecule has 3 nitrogen and oxygen atoms in total. The molecule has 0 spiro atoms. The van der Waals surface area contributed by atoms with Crippen LogP contribution < -0.4 is 6.15 Å². The van der Waals surface area contributed by atoms with E-state index < -0.39 is 5.97 Å². The monoisotopic (exact) mass is 273 g/mol. The summed E-state index contributed by atoms with van der Waals surface area (Å²) in [4.78, 5) is 10.3. The summed E-state index contributed by atoms with van der Waals surface area (Å²) >= 11 is 0. The lowest BCUT2D eigenvalue weighted by atomic mass is 10.0. The van der Waals surface area contributed by atoms with Crippen LogP contribution in [-0.2, 0) is 4.79 Å². The number of hydrogen-bond donors (Lipinski definition) is 2. The van der Waals surface area contributed by atoms with E-state index in [1.54, 1.807) is 0 Å². The summed E-state index contributed by atoms with van der Waals surface area (Å²) in [5, 5.41) is 8.49. The van der Waals surface area contributed by atoms with Crippen molar-refractivity contribution in [1.29, 1.82) is 0 Å². The SMILES string of the molecule is CCCCCCCCCCCCCCCC(=O)O.N. The molecule has 0 aliphatic rings. The van der Waals surface area contributed by atoms with Gasteiger partial charge < -0.3 is 11.3 Å². The van der Waals surface area contributed by atoms with E-state index in [-0.39, 0.29) is 6.15 Å². The highest BCUT2D eigenvalue weighted by Crippen LogP contribution is 2.12. The van der Waals surface area contributed by atoms with Crippen molar-refractivity contribution in [3.05, 3.63) is 0 Å². The Morgan fingerprint density at radius 3 is 1.32 bits per heavy atom. The average Bonchev–Trinajstić information content (AvgIpc) is 2.34. The van der Waals surface area contributed by atoms with Gasteiger partial charge in [0.2, 0.25) is 0 Å². The molecule has 4 N–H and O–H groups in total. The maximum absolute atomic E-state index is 10.3. The van der Waals surface area contributed by atoms with Crippen molar-refractivity contribution in [2.24, 2.45) is 0 Å². The van der Waals surface area contributed by atoms with E-state index in [9.17, 15) is 4.79 Å². The van der Waals surface area contributed by atoms with Crippen LogP contribution in [0.25, 0.3) is 0 Å². The van der Waals surface area contributed by atoms with E-state index >= 15 is 0 Å². The molecule has 0 fully saturated rings. The third-order valence-corrected chi connectivity index (χ3v) is 3.49. The molecular formula is C16H35NO2. The molecule has 0 aliphatic carbocycles. The Labute approximate surface area is 119 Å². The molecule has 0 saturated heterocycles. The zero-order chi connectivity index (χ0) is 13.5. The molecule has 0 unspecified atom stereocenters. The van der Waals surface area contributed by atoms with E-state index in [1.807, 2.05) is 0 Å². The van der Waals surface area contributed by atoms with E-state index in [4.69, 9.17) is 5.11 Å². The molecule has 0 amide bonds. The van der Waals surface area contributed by atoms with Crippen molar-refractivity contribution in [2.75, 3.05) is 0 Å². The lowest BCUT2D eigenvalue weighted by Crippen LogP contribution is -1.93. The second-order valence-corrected chi connectivity index (χ2v) is 5.39. The Bertz CT molecular complexity index is 184. The third kappa shape index (κ3) is 19.9. The summed E-state index contributed by atoms with van der Waals surface area (Å²) in [5.74, 6) is -0.655. The molecule has 19 heavy (non-hydrogen) atoms. The molecule has 0 bridgehead atoms. The number of carbonyl (C=O) groups is 1. The highest BCUT2D eigenvalue weighted by atomic mass is 16.4. The first-order valence-corrected chi connectivity index (χ1v) is 7.99. The summed E-state index contributed by atoms with van der Waals surface area (Å²) in [6, 6.07) is 0. The minimum atomic E-state index is -0.655. The van der Waals surface area contributed by atoms with Gasteiger partial charge in [-0.3, -0.25) is 4.79 Å². The van der Waals surface area contributed by atoms with Gasteiger partial charge in [-0.2, -0.15) is 0 Å². The highest BCUT2D eigenvalue weighted by molar-refractivity contribution is 5.66. The standard InChI is InChI=1S/C16H32O2.H3N/c1-2-3-4-5-6-7-8-9-10-11-12-13-14-15-16(17)18;/h2-15H2,1H3,(H,17,18);1H3. The molecule has 0 radical (unpaired) electrons. The maximum atomic E-state index is 10.3. The van der Waals surface area contributed by atoms with Crippen molar-refractivity contribution < 1.29 is 9.90 Å². The quantitative estimate of drug-likeness (QED) is 0.398. The van der Waals surface area contributed by atoms with Crippen LogP contribution in [0.4, 0.5) is 0 Å². The first kappa shape index (κ1) is 20.7. The fraction of sp³-hybridized carbons (Fsp3) is 0.938. The second-order valence-electron chi connectivity index (χ2n) is 5.39. The van der Waals surface area contributed by atoms with Crippen molar-refractivity contribution in [2.45, 2.75) is 96.8 Å². The lowest BCUT2D eigenvalue weighted by Gasteiger charge is -2.02. The van der Waals surface area contributed by atoms with E-state index in [2.05, 4.69) is 6.92 Å². The highest BCUT2D eigenvalue weighted by Gasteiger charge is 1.96. The van der Waals surface area contributed by atoms with Gasteiger partial charge in [0.1, 0.15) is 0 Å². The summed E-state index contributed by atoms with van der Waals surface area (Å²) in [7, 11) is 0. The van der Waals surface area contributed by atoms with E-state index in [0.29, 0.717) is 6.42 Å². The Morgan fingerprint density at radius 2 is 1.00 bits per heavy atom. The molecule has 0 heterocycles. The minimum absolute atomic E-state index is 0. The van der Waals surface area contributed by atoms with Crippen LogP contribution in [0, 0.1) is 0 Å². The molecular weight excluding hydrogens is 238 g/mol. The summed E-state index contributed by atoms with van der Waals surface area (Å²) in [6.45, 7) is 2.26. The van der Waals surface area contributed by atoms with Gasteiger partial charge in [-0.1, -0.05) is 84.0 Å². The van der Waals surface area contributed by atoms with Gasteiger partial charge in [-0.15, -0.1) is 0 Å². The molecule has 0 atom stereocenters. The van der Waals surface area contributed by atoms with Gasteiger partial charge in [0.15, 0.2) is 0 Å². The predicted octanol–water partition coefficient (Wildman–Crippen LogP) is 5.71. The van der Waals surface area contributed by atoms with Crippen LogP contribution in [0.1, 0.15) is 96.8 Å². The molecule has 3 heteroatoms. The van der Waals surface area contributed by atoms with Crippen molar-refractivity contribution in [3.63, 3.8) is 0 Å². The summed E-state index contributed by atoms with van der Waals surface area (Å²) in [6.07, 6.45) is 17.3. The van der Waals surface area contributed by atoms with Gasteiger partial charge in [-0.25, -0.2) is 0 Å². The zero-order valence-corrected chi connectivity index (χ0v) is 13.0. The smallest absolute Gasteiger partial charge is 0.303 e. The van der Waals surface area contributed by atoms with Gasteiger partial charge in [0.05, 0.1) is 0 Å². The molecule has 0 aliphatic heterocycles. The number of carboxylic acids is 1. The molecule has 0 aromatic heterocycles. The van der Waals surface area contributed by atoms with E-state index in [1.165, 1.54) is 70.6 Å².